The molecule has 0 aliphatic carbocycles. The summed E-state index contributed by atoms with van der Waals surface area (Å²) in [6.45, 7) is 0. The van der Waals surface area contributed by atoms with Crippen molar-refractivity contribution in [2.45, 2.75) is 6.10 Å². The van der Waals surface area contributed by atoms with E-state index in [1.54, 1.807) is 18.2 Å². The summed E-state index contributed by atoms with van der Waals surface area (Å²) in [5, 5.41) is 10.3. The Labute approximate surface area is 121 Å². The van der Waals surface area contributed by atoms with Gasteiger partial charge in [-0.2, -0.15) is 0 Å². The van der Waals surface area contributed by atoms with Crippen LogP contribution >= 0.6 is 11.6 Å². The summed E-state index contributed by atoms with van der Waals surface area (Å²) >= 11 is 5.72. The van der Waals surface area contributed by atoms with E-state index in [0.717, 1.165) is 0 Å². The lowest BCUT2D eigenvalue weighted by atomic mass is 10.0. The van der Waals surface area contributed by atoms with Gasteiger partial charge in [-0.15, -0.1) is 0 Å². The molecule has 106 valence electrons. The zero-order valence-corrected chi connectivity index (χ0v) is 11.8. The van der Waals surface area contributed by atoms with Crippen molar-refractivity contribution in [3.05, 3.63) is 58.4 Å². The lowest BCUT2D eigenvalue weighted by Gasteiger charge is -2.15. The van der Waals surface area contributed by atoms with Crippen LogP contribution in [0.15, 0.2) is 36.4 Å². The first-order valence-electron chi connectivity index (χ1n) is 5.91. The van der Waals surface area contributed by atoms with Gasteiger partial charge >= 0.3 is 0 Å². The highest BCUT2D eigenvalue weighted by atomic mass is 35.5. The van der Waals surface area contributed by atoms with Crippen LogP contribution in [0.4, 0.5) is 4.39 Å². The first-order chi connectivity index (χ1) is 9.56. The van der Waals surface area contributed by atoms with Gasteiger partial charge in [0.05, 0.1) is 19.2 Å². The summed E-state index contributed by atoms with van der Waals surface area (Å²) in [6, 6.07) is 9.19. The predicted molar refractivity (Wildman–Crippen MR) is 75.0 cm³/mol. The Kier molecular flexibility index (Phi) is 4.47. The third-order valence-corrected chi connectivity index (χ3v) is 3.27. The number of rotatable bonds is 4. The number of methoxy groups -OCH3 is 2. The molecule has 0 amide bonds. The van der Waals surface area contributed by atoms with E-state index >= 15 is 0 Å². The second-order valence-corrected chi connectivity index (χ2v) is 4.60. The summed E-state index contributed by atoms with van der Waals surface area (Å²) < 4.78 is 23.4. The number of aliphatic hydroxyl groups excluding tert-OH is 1. The Morgan fingerprint density at radius 3 is 2.20 bits per heavy atom. The molecule has 5 heteroatoms. The Hall–Kier alpha value is -1.78. The second kappa shape index (κ2) is 6.11. The summed E-state index contributed by atoms with van der Waals surface area (Å²) in [7, 11) is 3.05. The molecule has 0 radical (unpaired) electrons. The first kappa shape index (κ1) is 14.6. The van der Waals surface area contributed by atoms with Gasteiger partial charge in [-0.1, -0.05) is 23.7 Å². The zero-order valence-electron chi connectivity index (χ0n) is 11.1. The molecule has 0 fully saturated rings. The summed E-state index contributed by atoms with van der Waals surface area (Å²) in [4.78, 5) is 0. The highest BCUT2D eigenvalue weighted by molar-refractivity contribution is 6.30. The lowest BCUT2D eigenvalue weighted by molar-refractivity contribution is 0.219. The van der Waals surface area contributed by atoms with E-state index in [1.807, 2.05) is 0 Å². The first-order valence-corrected chi connectivity index (χ1v) is 6.29. The van der Waals surface area contributed by atoms with Gasteiger partial charge < -0.3 is 14.6 Å². The Balaban J connectivity index is 2.37. The molecule has 0 saturated carbocycles. The fourth-order valence-electron chi connectivity index (χ4n) is 1.90. The molecule has 0 aliphatic rings. The number of halogens is 2. The van der Waals surface area contributed by atoms with E-state index in [2.05, 4.69) is 0 Å². The maximum absolute atomic E-state index is 13.1. The van der Waals surface area contributed by atoms with Crippen LogP contribution in [0.3, 0.4) is 0 Å². The van der Waals surface area contributed by atoms with Crippen molar-refractivity contribution in [1.82, 2.24) is 0 Å². The number of hydrogen-bond acceptors (Lipinski definition) is 3. The third kappa shape index (κ3) is 2.86. The number of ether oxygens (including phenoxy) is 2. The van der Waals surface area contributed by atoms with Crippen LogP contribution in [0, 0.1) is 5.82 Å². The highest BCUT2D eigenvalue weighted by Crippen LogP contribution is 2.33. The van der Waals surface area contributed by atoms with Crippen LogP contribution in [-0.2, 0) is 0 Å². The SMILES string of the molecule is COc1ccc(C(O)c2ccc(F)c(Cl)c2)cc1OC. The van der Waals surface area contributed by atoms with E-state index in [9.17, 15) is 9.50 Å². The maximum atomic E-state index is 13.1. The van der Waals surface area contributed by atoms with Gasteiger partial charge in [0.25, 0.3) is 0 Å². The molecule has 0 heterocycles. The van der Waals surface area contributed by atoms with Crippen LogP contribution < -0.4 is 9.47 Å². The molecule has 0 bridgehead atoms. The van der Waals surface area contributed by atoms with Crippen LogP contribution in [0.1, 0.15) is 17.2 Å². The molecule has 2 aromatic carbocycles. The number of benzene rings is 2. The zero-order chi connectivity index (χ0) is 14.7. The second-order valence-electron chi connectivity index (χ2n) is 4.19. The molecule has 3 nitrogen and oxygen atoms in total. The molecular formula is C15H14ClFO3. The van der Waals surface area contributed by atoms with E-state index in [0.29, 0.717) is 22.6 Å². The molecule has 0 saturated heterocycles. The largest absolute Gasteiger partial charge is 0.493 e. The summed E-state index contributed by atoms with van der Waals surface area (Å²) in [6.07, 6.45) is -0.923. The topological polar surface area (TPSA) is 38.7 Å². The molecule has 0 aliphatic heterocycles. The molecule has 1 atom stereocenters. The molecule has 20 heavy (non-hydrogen) atoms. The van der Waals surface area contributed by atoms with Crippen LogP contribution in [0.25, 0.3) is 0 Å². The monoisotopic (exact) mass is 296 g/mol. The van der Waals surface area contributed by atoms with E-state index < -0.39 is 11.9 Å². The smallest absolute Gasteiger partial charge is 0.161 e. The highest BCUT2D eigenvalue weighted by Gasteiger charge is 2.15. The fraction of sp³-hybridized carbons (Fsp3) is 0.200. The number of aliphatic hydroxyl groups is 1. The number of hydrogen-bond donors (Lipinski definition) is 1. The molecule has 0 spiro atoms. The standard InChI is InChI=1S/C15H14ClFO3/c1-19-13-6-4-10(8-14(13)20-2)15(18)9-3-5-12(17)11(16)7-9/h3-8,15,18H,1-2H3. The van der Waals surface area contributed by atoms with Crippen LogP contribution in [0.5, 0.6) is 11.5 Å². The molecule has 2 rings (SSSR count). The Morgan fingerprint density at radius 2 is 1.60 bits per heavy atom. The predicted octanol–water partition coefficient (Wildman–Crippen LogP) is 3.58. The minimum atomic E-state index is -0.923. The lowest BCUT2D eigenvalue weighted by Crippen LogP contribution is -2.01. The van der Waals surface area contributed by atoms with Gasteiger partial charge in [-0.05, 0) is 35.4 Å². The van der Waals surface area contributed by atoms with Gasteiger partial charge in [0.15, 0.2) is 11.5 Å². The van der Waals surface area contributed by atoms with Gasteiger partial charge in [-0.3, -0.25) is 0 Å². The Morgan fingerprint density at radius 1 is 1.00 bits per heavy atom. The van der Waals surface area contributed by atoms with E-state index in [4.69, 9.17) is 21.1 Å². The van der Waals surface area contributed by atoms with Crippen molar-refractivity contribution in [3.8, 4) is 11.5 Å². The van der Waals surface area contributed by atoms with E-state index in [-0.39, 0.29) is 5.02 Å². The normalized spacial score (nSPS) is 12.1. The van der Waals surface area contributed by atoms with Crippen molar-refractivity contribution >= 4 is 11.6 Å². The molecule has 1 N–H and O–H groups in total. The molecule has 0 aromatic heterocycles. The van der Waals surface area contributed by atoms with E-state index in [1.165, 1.54) is 32.4 Å². The van der Waals surface area contributed by atoms with Gasteiger partial charge in [0.1, 0.15) is 11.9 Å². The Bertz CT molecular complexity index is 616. The minimum absolute atomic E-state index is 0.0259. The van der Waals surface area contributed by atoms with Crippen molar-refractivity contribution < 1.29 is 19.0 Å². The van der Waals surface area contributed by atoms with Gasteiger partial charge in [-0.25, -0.2) is 4.39 Å². The minimum Gasteiger partial charge on any atom is -0.493 e. The van der Waals surface area contributed by atoms with Crippen molar-refractivity contribution in [2.24, 2.45) is 0 Å². The summed E-state index contributed by atoms with van der Waals surface area (Å²) in [5.74, 6) is 0.563. The quantitative estimate of drug-likeness (QED) is 0.937. The molecule has 1 unspecified atom stereocenters. The van der Waals surface area contributed by atoms with Crippen LogP contribution in [0.2, 0.25) is 5.02 Å². The molecular weight excluding hydrogens is 283 g/mol. The van der Waals surface area contributed by atoms with Crippen molar-refractivity contribution in [1.29, 1.82) is 0 Å². The van der Waals surface area contributed by atoms with Gasteiger partial charge in [0, 0.05) is 0 Å². The fourth-order valence-corrected chi connectivity index (χ4v) is 2.09. The van der Waals surface area contributed by atoms with Gasteiger partial charge in [0.2, 0.25) is 0 Å². The average Bonchev–Trinajstić information content (AvgIpc) is 2.48. The average molecular weight is 297 g/mol. The molecule has 2 aromatic rings. The van der Waals surface area contributed by atoms with Crippen molar-refractivity contribution in [2.75, 3.05) is 14.2 Å². The van der Waals surface area contributed by atoms with Crippen LogP contribution in [-0.4, -0.2) is 19.3 Å². The summed E-state index contributed by atoms with van der Waals surface area (Å²) in [5.41, 5.74) is 1.11. The van der Waals surface area contributed by atoms with Crippen molar-refractivity contribution in [3.63, 3.8) is 0 Å². The maximum Gasteiger partial charge on any atom is 0.161 e. The third-order valence-electron chi connectivity index (χ3n) is 2.98.